The Morgan fingerprint density at radius 3 is 3.19 bits per heavy atom. The van der Waals surface area contributed by atoms with Crippen LogP contribution in [0.15, 0.2) is 5.51 Å². The molecule has 0 spiro atoms. The number of rotatable bonds is 7. The van der Waals surface area contributed by atoms with Crippen molar-refractivity contribution in [3.8, 4) is 0 Å². The summed E-state index contributed by atoms with van der Waals surface area (Å²) in [7, 11) is 0. The van der Waals surface area contributed by atoms with Crippen molar-refractivity contribution in [3.63, 3.8) is 0 Å². The van der Waals surface area contributed by atoms with Gasteiger partial charge in [0.15, 0.2) is 5.69 Å². The van der Waals surface area contributed by atoms with Crippen LogP contribution in [0.2, 0.25) is 0 Å². The standard InChI is InChI=1S/C10H16N2O2S2/c1-3-14-10(13)8-9(16-7-12-8)11-5-4-6-15-2/h7,11H,3-6H2,1-2H3. The molecule has 90 valence electrons. The highest BCUT2D eigenvalue weighted by atomic mass is 32.2. The number of thiazole rings is 1. The van der Waals surface area contributed by atoms with Crippen molar-refractivity contribution >= 4 is 34.1 Å². The van der Waals surface area contributed by atoms with Crippen LogP contribution in [-0.2, 0) is 4.74 Å². The van der Waals surface area contributed by atoms with E-state index in [9.17, 15) is 4.79 Å². The summed E-state index contributed by atoms with van der Waals surface area (Å²) < 4.78 is 4.92. The van der Waals surface area contributed by atoms with E-state index in [-0.39, 0.29) is 5.97 Å². The Bertz CT molecular complexity index is 328. The first-order valence-corrected chi connectivity index (χ1v) is 7.40. The molecule has 0 aliphatic rings. The molecule has 0 saturated carbocycles. The van der Waals surface area contributed by atoms with Crippen LogP contribution in [0, 0.1) is 0 Å². The quantitative estimate of drug-likeness (QED) is 0.603. The Labute approximate surface area is 104 Å². The third-order valence-electron chi connectivity index (χ3n) is 1.85. The van der Waals surface area contributed by atoms with Gasteiger partial charge < -0.3 is 10.1 Å². The van der Waals surface area contributed by atoms with E-state index in [0.717, 1.165) is 23.7 Å². The third-order valence-corrected chi connectivity index (χ3v) is 3.33. The van der Waals surface area contributed by atoms with Crippen LogP contribution < -0.4 is 5.32 Å². The number of ether oxygens (including phenoxy) is 1. The number of hydrogen-bond donors (Lipinski definition) is 1. The highest BCUT2D eigenvalue weighted by molar-refractivity contribution is 7.98. The molecule has 0 amide bonds. The predicted octanol–water partition coefficient (Wildman–Crippen LogP) is 2.48. The number of hydrogen-bond acceptors (Lipinski definition) is 6. The van der Waals surface area contributed by atoms with Gasteiger partial charge in [0.1, 0.15) is 5.00 Å². The van der Waals surface area contributed by atoms with Gasteiger partial charge in [-0.2, -0.15) is 11.8 Å². The molecular weight excluding hydrogens is 244 g/mol. The summed E-state index contributed by atoms with van der Waals surface area (Å²) in [5, 5.41) is 4.01. The molecule has 1 rings (SSSR count). The fraction of sp³-hybridized carbons (Fsp3) is 0.600. The number of anilines is 1. The fourth-order valence-corrected chi connectivity index (χ4v) is 2.26. The van der Waals surface area contributed by atoms with E-state index >= 15 is 0 Å². The Morgan fingerprint density at radius 1 is 1.69 bits per heavy atom. The van der Waals surface area contributed by atoms with Gasteiger partial charge in [-0.1, -0.05) is 0 Å². The maximum Gasteiger partial charge on any atom is 0.360 e. The normalized spacial score (nSPS) is 10.1. The third kappa shape index (κ3) is 4.02. The van der Waals surface area contributed by atoms with E-state index in [2.05, 4.69) is 16.6 Å². The van der Waals surface area contributed by atoms with Crippen molar-refractivity contribution < 1.29 is 9.53 Å². The van der Waals surface area contributed by atoms with E-state index in [1.165, 1.54) is 11.3 Å². The molecule has 1 aromatic rings. The summed E-state index contributed by atoms with van der Waals surface area (Å²) in [6.07, 6.45) is 3.15. The van der Waals surface area contributed by atoms with Gasteiger partial charge in [0.2, 0.25) is 0 Å². The van der Waals surface area contributed by atoms with Gasteiger partial charge in [-0.05, 0) is 25.4 Å². The molecule has 0 saturated heterocycles. The molecule has 4 nitrogen and oxygen atoms in total. The lowest BCUT2D eigenvalue weighted by molar-refractivity contribution is 0.0521. The maximum absolute atomic E-state index is 11.5. The lowest BCUT2D eigenvalue weighted by atomic mass is 10.4. The van der Waals surface area contributed by atoms with Crippen LogP contribution >= 0.6 is 23.1 Å². The van der Waals surface area contributed by atoms with Gasteiger partial charge in [-0.15, -0.1) is 11.3 Å². The van der Waals surface area contributed by atoms with Gasteiger partial charge in [-0.3, -0.25) is 0 Å². The fourth-order valence-electron chi connectivity index (χ4n) is 1.13. The topological polar surface area (TPSA) is 51.2 Å². The number of carbonyl (C=O) groups is 1. The molecule has 1 heterocycles. The molecule has 0 aliphatic carbocycles. The van der Waals surface area contributed by atoms with Crippen molar-refractivity contribution in [2.75, 3.05) is 30.5 Å². The molecule has 6 heteroatoms. The average molecular weight is 260 g/mol. The molecule has 1 N–H and O–H groups in total. The summed E-state index contributed by atoms with van der Waals surface area (Å²) in [6, 6.07) is 0. The summed E-state index contributed by atoms with van der Waals surface area (Å²) >= 11 is 3.25. The van der Waals surface area contributed by atoms with Gasteiger partial charge in [-0.25, -0.2) is 9.78 Å². The lowest BCUT2D eigenvalue weighted by Gasteiger charge is -2.05. The zero-order chi connectivity index (χ0) is 11.8. The van der Waals surface area contributed by atoms with Crippen LogP contribution in [-0.4, -0.2) is 36.1 Å². The first-order valence-electron chi connectivity index (χ1n) is 5.13. The van der Waals surface area contributed by atoms with Crippen molar-refractivity contribution in [2.45, 2.75) is 13.3 Å². The molecule has 0 atom stereocenters. The van der Waals surface area contributed by atoms with E-state index in [1.54, 1.807) is 12.4 Å². The SMILES string of the molecule is CCOC(=O)c1ncsc1NCCCSC. The molecule has 0 aromatic carbocycles. The number of esters is 1. The molecular formula is C10H16N2O2S2. The highest BCUT2D eigenvalue weighted by Gasteiger charge is 2.15. The molecule has 0 fully saturated rings. The average Bonchev–Trinajstić information content (AvgIpc) is 2.73. The molecule has 1 aromatic heterocycles. The first-order chi connectivity index (χ1) is 7.79. The maximum atomic E-state index is 11.5. The van der Waals surface area contributed by atoms with Crippen LogP contribution in [0.25, 0.3) is 0 Å². The van der Waals surface area contributed by atoms with Crippen molar-refractivity contribution in [3.05, 3.63) is 11.2 Å². The summed E-state index contributed by atoms with van der Waals surface area (Å²) in [5.74, 6) is 0.761. The van der Waals surface area contributed by atoms with Crippen LogP contribution in [0.4, 0.5) is 5.00 Å². The summed E-state index contributed by atoms with van der Waals surface area (Å²) in [4.78, 5) is 15.5. The minimum atomic E-state index is -0.351. The monoisotopic (exact) mass is 260 g/mol. The molecule has 0 aliphatic heterocycles. The van der Waals surface area contributed by atoms with E-state index in [0.29, 0.717) is 12.3 Å². The summed E-state index contributed by atoms with van der Waals surface area (Å²) in [6.45, 7) is 3.02. The second-order valence-electron chi connectivity index (χ2n) is 3.02. The molecule has 0 bridgehead atoms. The van der Waals surface area contributed by atoms with Crippen LogP contribution in [0.1, 0.15) is 23.8 Å². The van der Waals surface area contributed by atoms with E-state index in [1.807, 2.05) is 11.8 Å². The highest BCUT2D eigenvalue weighted by Crippen LogP contribution is 2.20. The number of carbonyl (C=O) groups excluding carboxylic acids is 1. The number of aromatic nitrogens is 1. The number of thioether (sulfide) groups is 1. The van der Waals surface area contributed by atoms with Crippen molar-refractivity contribution in [2.24, 2.45) is 0 Å². The number of nitrogens with zero attached hydrogens (tertiary/aromatic N) is 1. The Balaban J connectivity index is 2.47. The zero-order valence-corrected chi connectivity index (χ0v) is 11.1. The Morgan fingerprint density at radius 2 is 2.50 bits per heavy atom. The van der Waals surface area contributed by atoms with E-state index < -0.39 is 0 Å². The number of nitrogens with one attached hydrogen (secondary N) is 1. The predicted molar refractivity (Wildman–Crippen MR) is 69.6 cm³/mol. The first kappa shape index (κ1) is 13.3. The van der Waals surface area contributed by atoms with Gasteiger partial charge in [0.25, 0.3) is 0 Å². The zero-order valence-electron chi connectivity index (χ0n) is 9.49. The van der Waals surface area contributed by atoms with Gasteiger partial charge in [0, 0.05) is 6.54 Å². The second kappa shape index (κ2) is 7.51. The smallest absolute Gasteiger partial charge is 0.360 e. The molecule has 0 radical (unpaired) electrons. The molecule has 16 heavy (non-hydrogen) atoms. The minimum absolute atomic E-state index is 0.351. The van der Waals surface area contributed by atoms with Crippen molar-refractivity contribution in [1.82, 2.24) is 4.98 Å². The molecule has 0 unspecified atom stereocenters. The van der Waals surface area contributed by atoms with Gasteiger partial charge in [0.05, 0.1) is 12.1 Å². The second-order valence-corrected chi connectivity index (χ2v) is 4.86. The minimum Gasteiger partial charge on any atom is -0.461 e. The largest absolute Gasteiger partial charge is 0.461 e. The van der Waals surface area contributed by atoms with Crippen LogP contribution in [0.3, 0.4) is 0 Å². The Kier molecular flexibility index (Phi) is 6.25. The lowest BCUT2D eigenvalue weighted by Crippen LogP contribution is -2.10. The Hall–Kier alpha value is -0.750. The van der Waals surface area contributed by atoms with Crippen LogP contribution in [0.5, 0.6) is 0 Å². The summed E-state index contributed by atoms with van der Waals surface area (Å²) in [5.41, 5.74) is 2.05. The van der Waals surface area contributed by atoms with E-state index in [4.69, 9.17) is 4.74 Å². The van der Waals surface area contributed by atoms with Crippen molar-refractivity contribution in [1.29, 1.82) is 0 Å². The van der Waals surface area contributed by atoms with Gasteiger partial charge >= 0.3 is 5.97 Å².